The zero-order valence-electron chi connectivity index (χ0n) is 10.6. The second-order valence-corrected chi connectivity index (χ2v) is 6.63. The van der Waals surface area contributed by atoms with E-state index in [1.807, 2.05) is 20.8 Å². The Labute approximate surface area is 122 Å². The van der Waals surface area contributed by atoms with E-state index < -0.39 is 0 Å². The molecule has 0 atom stereocenters. The molecule has 0 bridgehead atoms. The molecule has 0 fully saturated rings. The van der Waals surface area contributed by atoms with Crippen LogP contribution in [0.2, 0.25) is 10.0 Å². The Morgan fingerprint density at radius 2 is 2.00 bits per heavy atom. The lowest BCUT2D eigenvalue weighted by Gasteiger charge is -2.19. The molecule has 0 saturated carbocycles. The first kappa shape index (κ1) is 15.8. The van der Waals surface area contributed by atoms with Crippen molar-refractivity contribution in [2.45, 2.75) is 26.4 Å². The van der Waals surface area contributed by atoms with Gasteiger partial charge in [-0.25, -0.2) is 0 Å². The van der Waals surface area contributed by atoms with Crippen molar-refractivity contribution in [3.05, 3.63) is 33.8 Å². The topological polar surface area (TPSA) is 26.3 Å². The molecule has 0 unspecified atom stereocenters. The minimum absolute atomic E-state index is 0.0609. The molecule has 100 valence electrons. The third kappa shape index (κ3) is 5.61. The summed E-state index contributed by atoms with van der Waals surface area (Å²) in [7, 11) is 0. The summed E-state index contributed by atoms with van der Waals surface area (Å²) in [6, 6.07) is 4.88. The Hall–Kier alpha value is -0.220. The maximum absolute atomic E-state index is 11.9. The first-order valence-electron chi connectivity index (χ1n) is 5.56. The van der Waals surface area contributed by atoms with E-state index in [0.717, 1.165) is 0 Å². The van der Waals surface area contributed by atoms with Crippen LogP contribution in [0.3, 0.4) is 0 Å². The second-order valence-electron chi connectivity index (χ2n) is 4.72. The highest BCUT2D eigenvalue weighted by Gasteiger charge is 2.13. The molecule has 0 aliphatic rings. The number of carbonyl (C=O) groups is 1. The Kier molecular flexibility index (Phi) is 5.99. The predicted octanol–water partition coefficient (Wildman–Crippen LogP) is 4.68. The van der Waals surface area contributed by atoms with Gasteiger partial charge in [-0.05, 0) is 39.0 Å². The number of hydrogen-bond acceptors (Lipinski definition) is 3. The van der Waals surface area contributed by atoms with Crippen molar-refractivity contribution < 1.29 is 9.53 Å². The Morgan fingerprint density at radius 1 is 1.33 bits per heavy atom. The molecule has 0 N–H and O–H groups in total. The van der Waals surface area contributed by atoms with E-state index in [1.165, 1.54) is 11.8 Å². The zero-order chi connectivity index (χ0) is 13.8. The van der Waals surface area contributed by atoms with Crippen LogP contribution in [-0.2, 0) is 4.74 Å². The van der Waals surface area contributed by atoms with Crippen LogP contribution in [0.4, 0.5) is 0 Å². The third-order valence-corrected chi connectivity index (χ3v) is 3.40. The van der Waals surface area contributed by atoms with Crippen LogP contribution < -0.4 is 0 Å². The highest BCUT2D eigenvalue weighted by Crippen LogP contribution is 2.24. The molecule has 1 aromatic carbocycles. The van der Waals surface area contributed by atoms with Crippen molar-refractivity contribution >= 4 is 40.1 Å². The van der Waals surface area contributed by atoms with Crippen LogP contribution in [-0.4, -0.2) is 23.1 Å². The molecule has 1 rings (SSSR count). The van der Waals surface area contributed by atoms with Gasteiger partial charge in [0.2, 0.25) is 5.12 Å². The number of ether oxygens (including phenoxy) is 1. The second kappa shape index (κ2) is 6.80. The van der Waals surface area contributed by atoms with Crippen molar-refractivity contribution in [2.75, 3.05) is 12.4 Å². The van der Waals surface area contributed by atoms with Gasteiger partial charge in [-0.15, -0.1) is 0 Å². The van der Waals surface area contributed by atoms with E-state index in [0.29, 0.717) is 28.0 Å². The fourth-order valence-electron chi connectivity index (χ4n) is 1.21. The van der Waals surface area contributed by atoms with Gasteiger partial charge in [0.1, 0.15) is 0 Å². The average Bonchev–Trinajstić information content (AvgIpc) is 2.22. The van der Waals surface area contributed by atoms with Gasteiger partial charge in [-0.1, -0.05) is 35.0 Å². The van der Waals surface area contributed by atoms with Crippen LogP contribution in [0.5, 0.6) is 0 Å². The van der Waals surface area contributed by atoms with Gasteiger partial charge >= 0.3 is 0 Å². The average molecular weight is 307 g/mol. The standard InChI is InChI=1S/C13H16Cl2O2S/c1-13(2,3)17-6-7-18-12(16)10-5-4-9(14)8-11(10)15/h4-5,8H,6-7H2,1-3H3. The monoisotopic (exact) mass is 306 g/mol. The summed E-state index contributed by atoms with van der Waals surface area (Å²) >= 11 is 12.9. The normalized spacial score (nSPS) is 11.6. The quantitative estimate of drug-likeness (QED) is 0.755. The number of thioether (sulfide) groups is 1. The van der Waals surface area contributed by atoms with E-state index in [1.54, 1.807) is 18.2 Å². The van der Waals surface area contributed by atoms with Crippen LogP contribution in [0.1, 0.15) is 31.1 Å². The van der Waals surface area contributed by atoms with E-state index in [9.17, 15) is 4.79 Å². The van der Waals surface area contributed by atoms with Crippen LogP contribution >= 0.6 is 35.0 Å². The fraction of sp³-hybridized carbons (Fsp3) is 0.462. The van der Waals surface area contributed by atoms with Gasteiger partial charge in [0, 0.05) is 16.3 Å². The molecule has 0 spiro atoms. The summed E-state index contributed by atoms with van der Waals surface area (Å²) in [6.45, 7) is 6.48. The van der Waals surface area contributed by atoms with Crippen molar-refractivity contribution in [1.82, 2.24) is 0 Å². The van der Waals surface area contributed by atoms with Gasteiger partial charge in [-0.3, -0.25) is 4.79 Å². The minimum atomic E-state index is -0.179. The molecule has 0 saturated heterocycles. The fourth-order valence-corrected chi connectivity index (χ4v) is 2.45. The molecule has 5 heteroatoms. The molecular weight excluding hydrogens is 291 g/mol. The number of benzene rings is 1. The Bertz CT molecular complexity index is 427. The molecule has 0 aromatic heterocycles. The summed E-state index contributed by atoms with van der Waals surface area (Å²) in [6.07, 6.45) is 0. The summed E-state index contributed by atoms with van der Waals surface area (Å²) in [4.78, 5) is 11.9. The van der Waals surface area contributed by atoms with Crippen LogP contribution in [0, 0.1) is 0 Å². The van der Waals surface area contributed by atoms with E-state index in [4.69, 9.17) is 27.9 Å². The molecule has 18 heavy (non-hydrogen) atoms. The molecule has 0 aliphatic carbocycles. The van der Waals surface area contributed by atoms with Crippen molar-refractivity contribution in [2.24, 2.45) is 0 Å². The first-order chi connectivity index (χ1) is 8.29. The van der Waals surface area contributed by atoms with E-state index in [2.05, 4.69) is 0 Å². The van der Waals surface area contributed by atoms with Crippen LogP contribution in [0.15, 0.2) is 18.2 Å². The summed E-state index contributed by atoms with van der Waals surface area (Å²) in [5.74, 6) is 0.606. The van der Waals surface area contributed by atoms with Gasteiger partial charge in [0.05, 0.1) is 17.2 Å². The number of rotatable bonds is 4. The van der Waals surface area contributed by atoms with E-state index >= 15 is 0 Å². The minimum Gasteiger partial charge on any atom is -0.375 e. The largest absolute Gasteiger partial charge is 0.375 e. The summed E-state index contributed by atoms with van der Waals surface area (Å²) < 4.78 is 5.54. The predicted molar refractivity (Wildman–Crippen MR) is 79.0 cm³/mol. The molecule has 0 heterocycles. The van der Waals surface area contributed by atoms with E-state index in [-0.39, 0.29) is 10.7 Å². The maximum atomic E-state index is 11.9. The first-order valence-corrected chi connectivity index (χ1v) is 7.30. The zero-order valence-corrected chi connectivity index (χ0v) is 13.0. The lowest BCUT2D eigenvalue weighted by molar-refractivity contribution is 0.00692. The molecule has 2 nitrogen and oxygen atoms in total. The lowest BCUT2D eigenvalue weighted by Crippen LogP contribution is -2.20. The highest BCUT2D eigenvalue weighted by atomic mass is 35.5. The van der Waals surface area contributed by atoms with Gasteiger partial charge in [0.15, 0.2) is 0 Å². The third-order valence-electron chi connectivity index (χ3n) is 2.00. The lowest BCUT2D eigenvalue weighted by atomic mass is 10.2. The van der Waals surface area contributed by atoms with Gasteiger partial charge in [0.25, 0.3) is 0 Å². The Balaban J connectivity index is 2.46. The molecule has 1 aromatic rings. The number of hydrogen-bond donors (Lipinski definition) is 0. The highest BCUT2D eigenvalue weighted by molar-refractivity contribution is 8.14. The SMILES string of the molecule is CC(C)(C)OCCSC(=O)c1ccc(Cl)cc1Cl. The smallest absolute Gasteiger partial charge is 0.220 e. The summed E-state index contributed by atoms with van der Waals surface area (Å²) in [5.41, 5.74) is 0.309. The van der Waals surface area contributed by atoms with Crippen molar-refractivity contribution in [3.8, 4) is 0 Å². The molecular formula is C13H16Cl2O2S. The molecule has 0 radical (unpaired) electrons. The Morgan fingerprint density at radius 3 is 2.56 bits per heavy atom. The maximum Gasteiger partial charge on any atom is 0.220 e. The molecule has 0 aliphatic heterocycles. The molecule has 0 amide bonds. The van der Waals surface area contributed by atoms with Crippen molar-refractivity contribution in [3.63, 3.8) is 0 Å². The number of carbonyl (C=O) groups excluding carboxylic acids is 1. The van der Waals surface area contributed by atoms with Crippen molar-refractivity contribution in [1.29, 1.82) is 0 Å². The van der Waals surface area contributed by atoms with Gasteiger partial charge < -0.3 is 4.74 Å². The number of halogens is 2. The summed E-state index contributed by atoms with van der Waals surface area (Å²) in [5, 5.41) is 0.850. The van der Waals surface area contributed by atoms with Crippen LogP contribution in [0.25, 0.3) is 0 Å². The van der Waals surface area contributed by atoms with Gasteiger partial charge in [-0.2, -0.15) is 0 Å².